The Morgan fingerprint density at radius 2 is 1.81 bits per heavy atom. The summed E-state index contributed by atoms with van der Waals surface area (Å²) in [6.45, 7) is 0.447. The van der Waals surface area contributed by atoms with Gasteiger partial charge in [0.1, 0.15) is 12.4 Å². The van der Waals surface area contributed by atoms with E-state index >= 15 is 0 Å². The monoisotopic (exact) mass is 423 g/mol. The molecule has 0 unspecified atom stereocenters. The molecule has 1 saturated carbocycles. The maximum Gasteiger partial charge on any atom is 0.249 e. The molecule has 2 heterocycles. The Morgan fingerprint density at radius 1 is 1.06 bits per heavy atom. The summed E-state index contributed by atoms with van der Waals surface area (Å²) < 4.78 is 7.60. The van der Waals surface area contributed by atoms with E-state index < -0.39 is 0 Å². The molecule has 1 aliphatic carbocycles. The number of ether oxygens (including phenoxy) is 1. The summed E-state index contributed by atoms with van der Waals surface area (Å²) in [5.74, 6) is 1.20. The number of nitrogens with one attached hydrogen (secondary N) is 1. The van der Waals surface area contributed by atoms with Crippen LogP contribution in [0, 0.1) is 17.2 Å². The molecule has 0 saturated heterocycles. The zero-order valence-electron chi connectivity index (χ0n) is 17.4. The summed E-state index contributed by atoms with van der Waals surface area (Å²) in [5.41, 5.74) is 4.58. The van der Waals surface area contributed by atoms with Crippen LogP contribution in [-0.4, -0.2) is 20.5 Å². The summed E-state index contributed by atoms with van der Waals surface area (Å²) in [7, 11) is 0. The molecule has 1 N–H and O–H groups in total. The Kier molecular flexibility index (Phi) is 5.26. The third-order valence-corrected chi connectivity index (χ3v) is 5.40. The van der Waals surface area contributed by atoms with Crippen LogP contribution in [0.5, 0.6) is 5.75 Å². The highest BCUT2D eigenvalue weighted by Gasteiger charge is 2.30. The second-order valence-corrected chi connectivity index (χ2v) is 7.84. The lowest BCUT2D eigenvalue weighted by Crippen LogP contribution is -2.14. The van der Waals surface area contributed by atoms with Crippen molar-refractivity contribution in [3.05, 3.63) is 77.9 Å². The van der Waals surface area contributed by atoms with E-state index in [1.54, 1.807) is 4.52 Å². The fourth-order valence-electron chi connectivity index (χ4n) is 3.47. The van der Waals surface area contributed by atoms with Crippen molar-refractivity contribution in [3.63, 3.8) is 0 Å². The Bertz CT molecular complexity index is 1300. The van der Waals surface area contributed by atoms with Gasteiger partial charge in [0.15, 0.2) is 5.65 Å². The first-order valence-corrected chi connectivity index (χ1v) is 10.5. The second kappa shape index (κ2) is 8.52. The molecule has 0 atom stereocenters. The number of anilines is 1. The minimum absolute atomic E-state index is 0.00786. The van der Waals surface area contributed by atoms with Crippen LogP contribution in [0.15, 0.2) is 66.7 Å². The van der Waals surface area contributed by atoms with E-state index in [1.165, 1.54) is 0 Å². The number of amides is 1. The van der Waals surface area contributed by atoms with Gasteiger partial charge in [-0.3, -0.25) is 10.1 Å². The predicted molar refractivity (Wildman–Crippen MR) is 120 cm³/mol. The molecule has 2 aromatic carbocycles. The molecule has 0 bridgehead atoms. The minimum Gasteiger partial charge on any atom is -0.489 e. The van der Waals surface area contributed by atoms with Crippen LogP contribution in [0.25, 0.3) is 16.9 Å². The number of nitrogens with zero attached hydrogens (tertiary/aromatic N) is 4. The van der Waals surface area contributed by atoms with Gasteiger partial charge in [0.05, 0.1) is 18.2 Å². The Balaban J connectivity index is 1.29. The number of fused-ring (bicyclic) bond motifs is 1. The minimum atomic E-state index is -0.00786. The lowest BCUT2D eigenvalue weighted by atomic mass is 10.1. The fraction of sp³-hybridized carbons (Fsp3) is 0.200. The molecule has 7 nitrogen and oxygen atoms in total. The number of aromatic nitrogens is 3. The van der Waals surface area contributed by atoms with Crippen LogP contribution < -0.4 is 10.1 Å². The number of carbonyl (C=O) groups excluding carboxylic acids is 1. The van der Waals surface area contributed by atoms with Crippen LogP contribution in [-0.2, 0) is 17.8 Å². The zero-order chi connectivity index (χ0) is 21.9. The van der Waals surface area contributed by atoms with Crippen molar-refractivity contribution >= 4 is 17.5 Å². The number of hydrogen-bond acceptors (Lipinski definition) is 5. The third-order valence-electron chi connectivity index (χ3n) is 5.40. The van der Waals surface area contributed by atoms with Crippen LogP contribution in [0.2, 0.25) is 0 Å². The Labute approximate surface area is 185 Å². The van der Waals surface area contributed by atoms with Crippen molar-refractivity contribution in [2.45, 2.75) is 25.9 Å². The lowest BCUT2D eigenvalue weighted by molar-refractivity contribution is -0.117. The number of rotatable bonds is 7. The van der Waals surface area contributed by atoms with E-state index in [0.29, 0.717) is 24.6 Å². The van der Waals surface area contributed by atoms with E-state index in [2.05, 4.69) is 21.5 Å². The normalized spacial score (nSPS) is 13.0. The summed E-state index contributed by atoms with van der Waals surface area (Å²) in [4.78, 5) is 16.5. The van der Waals surface area contributed by atoms with Gasteiger partial charge in [-0.25, -0.2) is 4.52 Å². The molecular formula is C25H21N5O2. The van der Waals surface area contributed by atoms with Gasteiger partial charge in [-0.05, 0) is 48.2 Å². The van der Waals surface area contributed by atoms with Gasteiger partial charge in [-0.1, -0.05) is 42.5 Å². The molecule has 0 radical (unpaired) electrons. The number of nitriles is 1. The second-order valence-electron chi connectivity index (χ2n) is 7.84. The molecular weight excluding hydrogens is 402 g/mol. The van der Waals surface area contributed by atoms with E-state index in [9.17, 15) is 4.79 Å². The van der Waals surface area contributed by atoms with E-state index in [-0.39, 0.29) is 11.8 Å². The average Bonchev–Trinajstić information content (AvgIpc) is 3.59. The molecule has 2 aromatic heterocycles. The molecule has 32 heavy (non-hydrogen) atoms. The quantitative estimate of drug-likeness (QED) is 0.476. The molecule has 0 spiro atoms. The summed E-state index contributed by atoms with van der Waals surface area (Å²) in [6.07, 6.45) is 2.27. The summed E-state index contributed by atoms with van der Waals surface area (Å²) >= 11 is 0. The summed E-state index contributed by atoms with van der Waals surface area (Å²) in [5, 5.41) is 16.1. The van der Waals surface area contributed by atoms with E-state index in [0.717, 1.165) is 41.0 Å². The van der Waals surface area contributed by atoms with Gasteiger partial charge in [0, 0.05) is 11.5 Å². The van der Waals surface area contributed by atoms with Crippen LogP contribution in [0.4, 0.5) is 5.95 Å². The topological polar surface area (TPSA) is 92.3 Å². The van der Waals surface area contributed by atoms with Crippen LogP contribution >= 0.6 is 0 Å². The van der Waals surface area contributed by atoms with Gasteiger partial charge < -0.3 is 4.74 Å². The lowest BCUT2D eigenvalue weighted by Gasteiger charge is -2.08. The van der Waals surface area contributed by atoms with Gasteiger partial charge in [0.2, 0.25) is 11.9 Å². The zero-order valence-corrected chi connectivity index (χ0v) is 17.4. The molecule has 1 aliphatic rings. The maximum atomic E-state index is 12.0. The van der Waals surface area contributed by atoms with Crippen molar-refractivity contribution in [1.29, 1.82) is 5.26 Å². The first kappa shape index (κ1) is 19.8. The fourth-order valence-corrected chi connectivity index (χ4v) is 3.47. The largest absolute Gasteiger partial charge is 0.489 e. The number of benzene rings is 2. The van der Waals surface area contributed by atoms with E-state index in [4.69, 9.17) is 10.00 Å². The molecule has 1 fully saturated rings. The molecule has 4 aromatic rings. The van der Waals surface area contributed by atoms with Crippen LogP contribution in [0.3, 0.4) is 0 Å². The first-order chi connectivity index (χ1) is 15.7. The van der Waals surface area contributed by atoms with Crippen molar-refractivity contribution < 1.29 is 9.53 Å². The van der Waals surface area contributed by atoms with Crippen molar-refractivity contribution in [1.82, 2.24) is 14.6 Å². The molecule has 1 amide bonds. The highest BCUT2D eigenvalue weighted by Crippen LogP contribution is 2.30. The molecule has 5 rings (SSSR count). The van der Waals surface area contributed by atoms with Crippen molar-refractivity contribution in [3.8, 4) is 23.1 Å². The first-order valence-electron chi connectivity index (χ1n) is 10.5. The van der Waals surface area contributed by atoms with Gasteiger partial charge in [-0.2, -0.15) is 10.2 Å². The number of pyridine rings is 1. The van der Waals surface area contributed by atoms with Gasteiger partial charge in [0.25, 0.3) is 0 Å². The SMILES string of the molecule is N#CCc1ccc(OCc2ccc(-c3cccc4nc(NC(=O)C5CC5)nn34)cc2)cc1. The van der Waals surface area contributed by atoms with Gasteiger partial charge in [-0.15, -0.1) is 5.10 Å². The van der Waals surface area contributed by atoms with Crippen molar-refractivity contribution in [2.75, 3.05) is 5.32 Å². The third kappa shape index (κ3) is 4.30. The smallest absolute Gasteiger partial charge is 0.249 e. The Hall–Kier alpha value is -4.18. The molecule has 0 aliphatic heterocycles. The highest BCUT2D eigenvalue weighted by atomic mass is 16.5. The highest BCUT2D eigenvalue weighted by molar-refractivity contribution is 5.92. The molecule has 7 heteroatoms. The Morgan fingerprint density at radius 3 is 2.53 bits per heavy atom. The van der Waals surface area contributed by atoms with E-state index in [1.807, 2.05) is 66.7 Å². The van der Waals surface area contributed by atoms with Crippen LogP contribution in [0.1, 0.15) is 24.0 Å². The maximum absolute atomic E-state index is 12.0. The predicted octanol–water partition coefficient (Wildman–Crippen LogP) is 4.39. The molecule has 158 valence electrons. The standard InChI is InChI=1S/C25H21N5O2/c26-15-14-17-6-12-21(13-7-17)32-16-18-4-8-19(9-5-18)22-2-1-3-23-27-25(29-30(22)23)28-24(31)20-10-11-20/h1-9,12-13,20H,10-11,14,16H2,(H,28,29,31). The number of carbonyl (C=O) groups is 1. The summed E-state index contributed by atoms with van der Waals surface area (Å²) in [6, 6.07) is 23.6. The number of hydrogen-bond donors (Lipinski definition) is 1. The average molecular weight is 423 g/mol. The van der Waals surface area contributed by atoms with Crippen molar-refractivity contribution in [2.24, 2.45) is 5.92 Å². The van der Waals surface area contributed by atoms with Gasteiger partial charge >= 0.3 is 0 Å².